The van der Waals surface area contributed by atoms with Crippen LogP contribution in [0.5, 0.6) is 0 Å². The molecule has 0 saturated heterocycles. The summed E-state index contributed by atoms with van der Waals surface area (Å²) in [6.45, 7) is 1.62. The highest BCUT2D eigenvalue weighted by atomic mass is 16.3. The van der Waals surface area contributed by atoms with Gasteiger partial charge in [0.2, 0.25) is 5.91 Å². The first-order valence-corrected chi connectivity index (χ1v) is 4.39. The van der Waals surface area contributed by atoms with E-state index in [2.05, 4.69) is 5.32 Å². The number of rotatable bonds is 3. The molecule has 1 atom stereocenters. The lowest BCUT2D eigenvalue weighted by Crippen LogP contribution is -2.32. The van der Waals surface area contributed by atoms with Gasteiger partial charge in [0.05, 0.1) is 12.6 Å². The molecule has 0 saturated carbocycles. The van der Waals surface area contributed by atoms with E-state index in [-0.39, 0.29) is 12.5 Å². The van der Waals surface area contributed by atoms with Crippen molar-refractivity contribution in [1.82, 2.24) is 0 Å². The molecule has 76 valence electrons. The third-order valence-corrected chi connectivity index (χ3v) is 1.82. The molecule has 1 aromatic rings. The number of nitrogens with two attached hydrogens (primary N) is 1. The van der Waals surface area contributed by atoms with Crippen LogP contribution < -0.4 is 11.1 Å². The second-order valence-electron chi connectivity index (χ2n) is 3.13. The van der Waals surface area contributed by atoms with Crippen LogP contribution in [0.2, 0.25) is 0 Å². The van der Waals surface area contributed by atoms with Crippen LogP contribution in [0, 0.1) is 0 Å². The van der Waals surface area contributed by atoms with E-state index in [1.807, 2.05) is 0 Å². The van der Waals surface area contributed by atoms with Crippen molar-refractivity contribution >= 4 is 11.6 Å². The number of carbonyl (C=O) groups excluding carboxylic acids is 1. The Balaban J connectivity index is 2.64. The van der Waals surface area contributed by atoms with Crippen LogP contribution in [0.15, 0.2) is 24.3 Å². The van der Waals surface area contributed by atoms with Gasteiger partial charge in [0, 0.05) is 5.69 Å². The number of amides is 1. The molecule has 0 bridgehead atoms. The van der Waals surface area contributed by atoms with Gasteiger partial charge in [-0.1, -0.05) is 12.1 Å². The second-order valence-corrected chi connectivity index (χ2v) is 3.13. The Labute approximate surface area is 82.7 Å². The monoisotopic (exact) mass is 194 g/mol. The topological polar surface area (TPSA) is 75.4 Å². The maximum atomic E-state index is 11.2. The summed E-state index contributed by atoms with van der Waals surface area (Å²) in [5, 5.41) is 11.4. The molecule has 1 rings (SSSR count). The van der Waals surface area contributed by atoms with E-state index in [1.54, 1.807) is 31.2 Å². The molecule has 1 unspecified atom stereocenters. The van der Waals surface area contributed by atoms with Gasteiger partial charge in [-0.25, -0.2) is 0 Å². The summed E-state index contributed by atoms with van der Waals surface area (Å²) in [5.41, 5.74) is 6.88. The van der Waals surface area contributed by atoms with E-state index in [0.717, 1.165) is 5.56 Å². The molecule has 0 fully saturated rings. The summed E-state index contributed by atoms with van der Waals surface area (Å²) in [4.78, 5) is 11.2. The van der Waals surface area contributed by atoms with Crippen molar-refractivity contribution in [1.29, 1.82) is 0 Å². The SMILES string of the molecule is CC(N)C(=O)Nc1ccc(CO)cc1. The molecule has 0 heterocycles. The lowest BCUT2D eigenvalue weighted by atomic mass is 10.2. The fourth-order valence-electron chi connectivity index (χ4n) is 0.950. The lowest BCUT2D eigenvalue weighted by Gasteiger charge is -2.07. The fourth-order valence-corrected chi connectivity index (χ4v) is 0.950. The van der Waals surface area contributed by atoms with Gasteiger partial charge in [0.25, 0.3) is 0 Å². The quantitative estimate of drug-likeness (QED) is 0.654. The zero-order valence-corrected chi connectivity index (χ0v) is 8.03. The number of hydrogen-bond acceptors (Lipinski definition) is 3. The second kappa shape index (κ2) is 4.74. The van der Waals surface area contributed by atoms with Crippen molar-refractivity contribution in [3.8, 4) is 0 Å². The molecule has 4 N–H and O–H groups in total. The zero-order chi connectivity index (χ0) is 10.6. The first kappa shape index (κ1) is 10.7. The van der Waals surface area contributed by atoms with Crippen LogP contribution >= 0.6 is 0 Å². The molecule has 0 spiro atoms. The van der Waals surface area contributed by atoms with Crippen LogP contribution in [0.25, 0.3) is 0 Å². The van der Waals surface area contributed by atoms with Crippen molar-refractivity contribution in [3.05, 3.63) is 29.8 Å². The smallest absolute Gasteiger partial charge is 0.240 e. The molecule has 14 heavy (non-hydrogen) atoms. The minimum atomic E-state index is -0.521. The van der Waals surface area contributed by atoms with Gasteiger partial charge in [0.15, 0.2) is 0 Å². The molecule has 0 aliphatic heterocycles. The molecule has 1 aromatic carbocycles. The van der Waals surface area contributed by atoms with Crippen LogP contribution in [0.1, 0.15) is 12.5 Å². The summed E-state index contributed by atoms with van der Waals surface area (Å²) in [6, 6.07) is 6.43. The van der Waals surface area contributed by atoms with Crippen LogP contribution in [-0.2, 0) is 11.4 Å². The van der Waals surface area contributed by atoms with Crippen molar-refractivity contribution in [2.45, 2.75) is 19.6 Å². The average molecular weight is 194 g/mol. The van der Waals surface area contributed by atoms with Crippen molar-refractivity contribution < 1.29 is 9.90 Å². The molecular formula is C10H14N2O2. The highest BCUT2D eigenvalue weighted by Crippen LogP contribution is 2.09. The molecule has 0 aliphatic carbocycles. The number of anilines is 1. The van der Waals surface area contributed by atoms with Gasteiger partial charge < -0.3 is 16.2 Å². The predicted octanol–water partition coefficient (Wildman–Crippen LogP) is 0.465. The van der Waals surface area contributed by atoms with E-state index in [9.17, 15) is 4.79 Å². The number of benzene rings is 1. The minimum absolute atomic E-state index is 0.00151. The van der Waals surface area contributed by atoms with Crippen LogP contribution in [0.4, 0.5) is 5.69 Å². The van der Waals surface area contributed by atoms with Crippen molar-refractivity contribution in [3.63, 3.8) is 0 Å². The summed E-state index contributed by atoms with van der Waals surface area (Å²) in [7, 11) is 0. The number of aliphatic hydroxyl groups is 1. The standard InChI is InChI=1S/C10H14N2O2/c1-7(11)10(14)12-9-4-2-8(6-13)3-5-9/h2-5,7,13H,6,11H2,1H3,(H,12,14). The lowest BCUT2D eigenvalue weighted by molar-refractivity contribution is -0.117. The van der Waals surface area contributed by atoms with Crippen LogP contribution in [0.3, 0.4) is 0 Å². The average Bonchev–Trinajstić information content (AvgIpc) is 2.19. The Kier molecular flexibility index (Phi) is 3.62. The summed E-state index contributed by atoms with van der Waals surface area (Å²) < 4.78 is 0. The first-order chi connectivity index (χ1) is 6.63. The Morgan fingerprint density at radius 1 is 1.50 bits per heavy atom. The Bertz CT molecular complexity index is 306. The molecule has 4 nitrogen and oxygen atoms in total. The maximum Gasteiger partial charge on any atom is 0.240 e. The number of carbonyl (C=O) groups is 1. The highest BCUT2D eigenvalue weighted by molar-refractivity contribution is 5.94. The third kappa shape index (κ3) is 2.83. The van der Waals surface area contributed by atoms with Gasteiger partial charge in [-0.05, 0) is 24.6 Å². The van der Waals surface area contributed by atoms with E-state index >= 15 is 0 Å². The molecule has 0 radical (unpaired) electrons. The van der Waals surface area contributed by atoms with Crippen molar-refractivity contribution in [2.75, 3.05) is 5.32 Å². The fraction of sp³-hybridized carbons (Fsp3) is 0.300. The van der Waals surface area contributed by atoms with E-state index in [1.165, 1.54) is 0 Å². The van der Waals surface area contributed by atoms with E-state index < -0.39 is 6.04 Å². The minimum Gasteiger partial charge on any atom is -0.392 e. The zero-order valence-electron chi connectivity index (χ0n) is 8.03. The Morgan fingerprint density at radius 2 is 2.07 bits per heavy atom. The van der Waals surface area contributed by atoms with Gasteiger partial charge in [0.1, 0.15) is 0 Å². The molecule has 0 aromatic heterocycles. The number of nitrogens with one attached hydrogen (secondary N) is 1. The third-order valence-electron chi connectivity index (χ3n) is 1.82. The van der Waals surface area contributed by atoms with Gasteiger partial charge in [-0.15, -0.1) is 0 Å². The largest absolute Gasteiger partial charge is 0.392 e. The maximum absolute atomic E-state index is 11.2. The molecule has 1 amide bonds. The van der Waals surface area contributed by atoms with E-state index in [0.29, 0.717) is 5.69 Å². The summed E-state index contributed by atoms with van der Waals surface area (Å²) >= 11 is 0. The van der Waals surface area contributed by atoms with Crippen molar-refractivity contribution in [2.24, 2.45) is 5.73 Å². The molecule has 4 heteroatoms. The first-order valence-electron chi connectivity index (χ1n) is 4.39. The summed E-state index contributed by atoms with van der Waals surface area (Å²) in [6.07, 6.45) is 0. The van der Waals surface area contributed by atoms with E-state index in [4.69, 9.17) is 10.8 Å². The van der Waals surface area contributed by atoms with Gasteiger partial charge in [-0.3, -0.25) is 4.79 Å². The molecule has 0 aliphatic rings. The number of hydrogen-bond donors (Lipinski definition) is 3. The Hall–Kier alpha value is -1.39. The predicted molar refractivity (Wildman–Crippen MR) is 54.6 cm³/mol. The van der Waals surface area contributed by atoms with Crippen LogP contribution in [-0.4, -0.2) is 17.1 Å². The van der Waals surface area contributed by atoms with Gasteiger partial charge in [-0.2, -0.15) is 0 Å². The normalized spacial score (nSPS) is 12.2. The highest BCUT2D eigenvalue weighted by Gasteiger charge is 2.06. The summed E-state index contributed by atoms with van der Waals surface area (Å²) in [5.74, 6) is -0.221. The Morgan fingerprint density at radius 3 is 2.50 bits per heavy atom. The molecular weight excluding hydrogens is 180 g/mol. The van der Waals surface area contributed by atoms with Gasteiger partial charge >= 0.3 is 0 Å². The number of aliphatic hydroxyl groups excluding tert-OH is 1.